The first-order chi connectivity index (χ1) is 13.7. The lowest BCUT2D eigenvalue weighted by molar-refractivity contribution is 0.0972. The number of hydrogen-bond acceptors (Lipinski definition) is 3. The van der Waals surface area contributed by atoms with Crippen LogP contribution >= 0.6 is 12.2 Å². The van der Waals surface area contributed by atoms with Crippen molar-refractivity contribution >= 4 is 23.2 Å². The molecular weight excluding hydrogens is 368 g/mol. The molecule has 0 atom stereocenters. The Hall–Kier alpha value is -3.18. The lowest BCUT2D eigenvalue weighted by Gasteiger charge is -2.26. The maximum absolute atomic E-state index is 12.6. The van der Waals surface area contributed by atoms with E-state index >= 15 is 0 Å². The Kier molecular flexibility index (Phi) is 6.76. The molecule has 0 radical (unpaired) electrons. The van der Waals surface area contributed by atoms with Crippen LogP contribution in [-0.4, -0.2) is 23.0 Å². The molecule has 0 unspecified atom stereocenters. The van der Waals surface area contributed by atoms with Gasteiger partial charge in [0.05, 0.1) is 7.11 Å². The van der Waals surface area contributed by atoms with Crippen LogP contribution in [0.4, 0.5) is 0 Å². The number of rotatable bonds is 6. The minimum atomic E-state index is -0.237. The molecule has 0 bridgehead atoms. The first kappa shape index (κ1) is 19.6. The van der Waals surface area contributed by atoms with E-state index in [9.17, 15) is 4.79 Å². The summed E-state index contributed by atoms with van der Waals surface area (Å²) in [6.07, 6.45) is 0. The van der Waals surface area contributed by atoms with E-state index in [1.807, 2.05) is 65.6 Å². The van der Waals surface area contributed by atoms with Gasteiger partial charge in [0.2, 0.25) is 0 Å². The van der Waals surface area contributed by atoms with Crippen LogP contribution < -0.4 is 10.1 Å². The predicted molar refractivity (Wildman–Crippen MR) is 115 cm³/mol. The molecule has 0 saturated carbocycles. The molecule has 5 heteroatoms. The second-order valence-corrected chi connectivity index (χ2v) is 6.70. The third-order valence-corrected chi connectivity index (χ3v) is 4.65. The zero-order valence-corrected chi connectivity index (χ0v) is 16.5. The van der Waals surface area contributed by atoms with Gasteiger partial charge in [0.1, 0.15) is 5.75 Å². The summed E-state index contributed by atoms with van der Waals surface area (Å²) in [4.78, 5) is 14.6. The van der Waals surface area contributed by atoms with Crippen LogP contribution in [0.15, 0.2) is 84.9 Å². The molecule has 0 aliphatic carbocycles. The number of nitrogens with zero attached hydrogens (tertiary/aromatic N) is 1. The van der Waals surface area contributed by atoms with E-state index in [-0.39, 0.29) is 5.91 Å². The summed E-state index contributed by atoms with van der Waals surface area (Å²) in [5.74, 6) is 0.465. The normalized spacial score (nSPS) is 10.2. The number of ether oxygens (including phenoxy) is 1. The zero-order valence-electron chi connectivity index (χ0n) is 15.7. The Morgan fingerprint density at radius 2 is 1.36 bits per heavy atom. The van der Waals surface area contributed by atoms with Crippen LogP contribution in [0.3, 0.4) is 0 Å². The molecule has 0 aliphatic heterocycles. The fourth-order valence-electron chi connectivity index (χ4n) is 2.80. The van der Waals surface area contributed by atoms with Gasteiger partial charge >= 0.3 is 0 Å². The van der Waals surface area contributed by atoms with Gasteiger partial charge in [-0.1, -0.05) is 60.7 Å². The van der Waals surface area contributed by atoms with E-state index in [0.717, 1.165) is 11.1 Å². The minimum absolute atomic E-state index is 0.237. The summed E-state index contributed by atoms with van der Waals surface area (Å²) < 4.78 is 5.14. The minimum Gasteiger partial charge on any atom is -0.497 e. The van der Waals surface area contributed by atoms with Crippen molar-refractivity contribution in [2.75, 3.05) is 7.11 Å². The number of carbonyl (C=O) groups excluding carboxylic acids is 1. The van der Waals surface area contributed by atoms with Crippen LogP contribution in [0.1, 0.15) is 21.5 Å². The van der Waals surface area contributed by atoms with E-state index in [2.05, 4.69) is 5.32 Å². The highest BCUT2D eigenvalue weighted by atomic mass is 32.1. The summed E-state index contributed by atoms with van der Waals surface area (Å²) in [5, 5.41) is 3.25. The highest BCUT2D eigenvalue weighted by Crippen LogP contribution is 2.13. The first-order valence-electron chi connectivity index (χ1n) is 8.98. The summed E-state index contributed by atoms with van der Waals surface area (Å²) in [6, 6.07) is 27.1. The molecule has 3 aromatic carbocycles. The van der Waals surface area contributed by atoms with Gasteiger partial charge in [0, 0.05) is 18.7 Å². The average molecular weight is 391 g/mol. The van der Waals surface area contributed by atoms with Crippen molar-refractivity contribution in [1.29, 1.82) is 0 Å². The maximum Gasteiger partial charge on any atom is 0.257 e. The SMILES string of the molecule is COc1ccc(C(=O)NC(=S)N(Cc2ccccc2)Cc2ccccc2)cc1. The van der Waals surface area contributed by atoms with Crippen molar-refractivity contribution in [2.24, 2.45) is 0 Å². The fraction of sp³-hybridized carbons (Fsp3) is 0.130. The van der Waals surface area contributed by atoms with E-state index in [1.165, 1.54) is 0 Å². The molecule has 28 heavy (non-hydrogen) atoms. The summed E-state index contributed by atoms with van der Waals surface area (Å²) >= 11 is 5.57. The van der Waals surface area contributed by atoms with Gasteiger partial charge in [0.25, 0.3) is 5.91 Å². The highest BCUT2D eigenvalue weighted by molar-refractivity contribution is 7.80. The molecule has 0 aromatic heterocycles. The van der Waals surface area contributed by atoms with Gasteiger partial charge in [0.15, 0.2) is 5.11 Å². The maximum atomic E-state index is 12.6. The second kappa shape index (κ2) is 9.67. The van der Waals surface area contributed by atoms with Crippen LogP contribution in [0.5, 0.6) is 5.75 Å². The van der Waals surface area contributed by atoms with Crippen LogP contribution in [0.2, 0.25) is 0 Å². The molecule has 1 N–H and O–H groups in total. The summed E-state index contributed by atoms with van der Waals surface area (Å²) in [6.45, 7) is 1.22. The van der Waals surface area contributed by atoms with Crippen LogP contribution in [0, 0.1) is 0 Å². The topological polar surface area (TPSA) is 41.6 Å². The third-order valence-electron chi connectivity index (χ3n) is 4.29. The largest absolute Gasteiger partial charge is 0.497 e. The number of carbonyl (C=O) groups is 1. The smallest absolute Gasteiger partial charge is 0.257 e. The summed E-state index contributed by atoms with van der Waals surface area (Å²) in [7, 11) is 1.59. The Morgan fingerprint density at radius 3 is 1.82 bits per heavy atom. The molecule has 0 fully saturated rings. The molecule has 0 spiro atoms. The fourth-order valence-corrected chi connectivity index (χ4v) is 3.02. The average Bonchev–Trinajstić information content (AvgIpc) is 2.74. The van der Waals surface area contributed by atoms with Gasteiger partial charge in [-0.05, 0) is 47.6 Å². The summed E-state index contributed by atoms with van der Waals surface area (Å²) in [5.41, 5.74) is 2.78. The molecule has 3 rings (SSSR count). The second-order valence-electron chi connectivity index (χ2n) is 6.32. The van der Waals surface area contributed by atoms with Crippen molar-refractivity contribution in [1.82, 2.24) is 10.2 Å². The van der Waals surface area contributed by atoms with Crippen molar-refractivity contribution in [3.8, 4) is 5.75 Å². The van der Waals surface area contributed by atoms with Crippen LogP contribution in [-0.2, 0) is 13.1 Å². The predicted octanol–water partition coefficient (Wildman–Crippen LogP) is 4.41. The van der Waals surface area contributed by atoms with Crippen molar-refractivity contribution < 1.29 is 9.53 Å². The van der Waals surface area contributed by atoms with Crippen molar-refractivity contribution in [3.63, 3.8) is 0 Å². The van der Waals surface area contributed by atoms with Crippen molar-refractivity contribution in [3.05, 3.63) is 102 Å². The number of nitrogens with one attached hydrogen (secondary N) is 1. The van der Waals surface area contributed by atoms with Gasteiger partial charge in [-0.3, -0.25) is 10.1 Å². The lowest BCUT2D eigenvalue weighted by Crippen LogP contribution is -2.41. The Bertz CT molecular complexity index is 871. The number of amides is 1. The Balaban J connectivity index is 1.73. The van der Waals surface area contributed by atoms with E-state index in [4.69, 9.17) is 17.0 Å². The van der Waals surface area contributed by atoms with E-state index in [1.54, 1.807) is 31.4 Å². The number of hydrogen-bond donors (Lipinski definition) is 1. The van der Waals surface area contributed by atoms with Gasteiger partial charge in [-0.25, -0.2) is 0 Å². The Morgan fingerprint density at radius 1 is 0.857 bits per heavy atom. The van der Waals surface area contributed by atoms with E-state index in [0.29, 0.717) is 29.5 Å². The molecule has 0 aliphatic rings. The number of benzene rings is 3. The lowest BCUT2D eigenvalue weighted by atomic mass is 10.1. The molecule has 142 valence electrons. The Labute approximate surface area is 170 Å². The van der Waals surface area contributed by atoms with Gasteiger partial charge in [-0.15, -0.1) is 0 Å². The quantitative estimate of drug-likeness (QED) is 0.633. The van der Waals surface area contributed by atoms with Gasteiger partial charge in [-0.2, -0.15) is 0 Å². The molecule has 0 heterocycles. The highest BCUT2D eigenvalue weighted by Gasteiger charge is 2.15. The van der Waals surface area contributed by atoms with Crippen molar-refractivity contribution in [2.45, 2.75) is 13.1 Å². The zero-order chi connectivity index (χ0) is 19.8. The third kappa shape index (κ3) is 5.41. The standard InChI is InChI=1S/C23H22N2O2S/c1-27-21-14-12-20(13-15-21)22(26)24-23(28)25(16-18-8-4-2-5-9-18)17-19-10-6-3-7-11-19/h2-15H,16-17H2,1H3,(H,24,26,28). The number of thiocarbonyl (C=S) groups is 1. The monoisotopic (exact) mass is 390 g/mol. The van der Waals surface area contributed by atoms with E-state index < -0.39 is 0 Å². The molecular formula is C23H22N2O2S. The number of methoxy groups -OCH3 is 1. The molecule has 4 nitrogen and oxygen atoms in total. The molecule has 1 amide bonds. The van der Waals surface area contributed by atoms with Crippen LogP contribution in [0.25, 0.3) is 0 Å². The first-order valence-corrected chi connectivity index (χ1v) is 9.38. The van der Waals surface area contributed by atoms with Gasteiger partial charge < -0.3 is 9.64 Å². The molecule has 0 saturated heterocycles. The molecule has 3 aromatic rings.